The molecule has 3 nitrogen and oxygen atoms in total. The summed E-state index contributed by atoms with van der Waals surface area (Å²) in [6, 6.07) is 4.60. The van der Waals surface area contributed by atoms with E-state index < -0.39 is 0 Å². The van der Waals surface area contributed by atoms with Gasteiger partial charge in [0.15, 0.2) is 0 Å². The van der Waals surface area contributed by atoms with Gasteiger partial charge in [-0.2, -0.15) is 0 Å². The van der Waals surface area contributed by atoms with Crippen molar-refractivity contribution in [3.05, 3.63) is 23.9 Å². The predicted octanol–water partition coefficient (Wildman–Crippen LogP) is 1.89. The highest BCUT2D eigenvalue weighted by atomic mass is 15.1. The molecule has 82 valence electrons. The van der Waals surface area contributed by atoms with Crippen molar-refractivity contribution in [1.29, 1.82) is 0 Å². The molecule has 1 aromatic rings. The second-order valence-electron chi connectivity index (χ2n) is 4.58. The maximum Gasteiger partial charge on any atom is 0.123 e. The van der Waals surface area contributed by atoms with Gasteiger partial charge in [0.2, 0.25) is 0 Å². The zero-order valence-electron chi connectivity index (χ0n) is 9.48. The SMILES string of the molecule is CC(C1CC1)N(C)Cc1ccc(N)nc1. The number of nitrogens with zero attached hydrogens (tertiary/aromatic N) is 2. The number of hydrogen-bond donors (Lipinski definition) is 1. The van der Waals surface area contributed by atoms with Crippen LogP contribution in [0.5, 0.6) is 0 Å². The number of pyridine rings is 1. The predicted molar refractivity (Wildman–Crippen MR) is 62.3 cm³/mol. The monoisotopic (exact) mass is 205 g/mol. The van der Waals surface area contributed by atoms with E-state index >= 15 is 0 Å². The highest BCUT2D eigenvalue weighted by Gasteiger charge is 2.30. The van der Waals surface area contributed by atoms with E-state index in [2.05, 4.69) is 29.9 Å². The van der Waals surface area contributed by atoms with Gasteiger partial charge in [0.05, 0.1) is 0 Å². The minimum Gasteiger partial charge on any atom is -0.384 e. The first-order valence-corrected chi connectivity index (χ1v) is 5.57. The number of anilines is 1. The quantitative estimate of drug-likeness (QED) is 0.816. The fourth-order valence-corrected chi connectivity index (χ4v) is 1.90. The van der Waals surface area contributed by atoms with E-state index in [4.69, 9.17) is 5.73 Å². The summed E-state index contributed by atoms with van der Waals surface area (Å²) in [4.78, 5) is 6.50. The fraction of sp³-hybridized carbons (Fsp3) is 0.583. The normalized spacial score (nSPS) is 18.1. The van der Waals surface area contributed by atoms with Gasteiger partial charge in [-0.3, -0.25) is 4.90 Å². The van der Waals surface area contributed by atoms with Gasteiger partial charge in [-0.15, -0.1) is 0 Å². The molecule has 0 bridgehead atoms. The van der Waals surface area contributed by atoms with Crippen molar-refractivity contribution in [3.63, 3.8) is 0 Å². The molecule has 1 unspecified atom stereocenters. The molecule has 0 aromatic carbocycles. The Kier molecular flexibility index (Phi) is 2.91. The molecule has 1 aliphatic rings. The first-order chi connectivity index (χ1) is 7.16. The van der Waals surface area contributed by atoms with Crippen molar-refractivity contribution < 1.29 is 0 Å². The molecule has 1 aliphatic carbocycles. The van der Waals surface area contributed by atoms with E-state index in [9.17, 15) is 0 Å². The van der Waals surface area contributed by atoms with Gasteiger partial charge < -0.3 is 5.73 Å². The molecule has 0 saturated heterocycles. The molecule has 0 radical (unpaired) electrons. The van der Waals surface area contributed by atoms with Crippen LogP contribution in [0.1, 0.15) is 25.3 Å². The van der Waals surface area contributed by atoms with Crippen LogP contribution in [-0.4, -0.2) is 23.0 Å². The molecule has 15 heavy (non-hydrogen) atoms. The maximum absolute atomic E-state index is 5.55. The average Bonchev–Trinajstić information content (AvgIpc) is 3.04. The highest BCUT2D eigenvalue weighted by molar-refractivity contribution is 5.29. The number of rotatable bonds is 4. The third-order valence-electron chi connectivity index (χ3n) is 3.28. The van der Waals surface area contributed by atoms with Crippen molar-refractivity contribution in [1.82, 2.24) is 9.88 Å². The number of nitrogens with two attached hydrogens (primary N) is 1. The summed E-state index contributed by atoms with van der Waals surface area (Å²) in [6.07, 6.45) is 4.66. The summed E-state index contributed by atoms with van der Waals surface area (Å²) >= 11 is 0. The third-order valence-corrected chi connectivity index (χ3v) is 3.28. The van der Waals surface area contributed by atoms with Crippen LogP contribution in [-0.2, 0) is 6.54 Å². The van der Waals surface area contributed by atoms with Gasteiger partial charge in [0.25, 0.3) is 0 Å². The van der Waals surface area contributed by atoms with Gasteiger partial charge in [-0.05, 0) is 44.4 Å². The molecular weight excluding hydrogens is 186 g/mol. The topological polar surface area (TPSA) is 42.1 Å². The summed E-state index contributed by atoms with van der Waals surface area (Å²) in [5, 5.41) is 0. The van der Waals surface area contributed by atoms with Crippen LogP contribution >= 0.6 is 0 Å². The second kappa shape index (κ2) is 4.19. The molecule has 3 heteroatoms. The lowest BCUT2D eigenvalue weighted by Crippen LogP contribution is -2.30. The second-order valence-corrected chi connectivity index (χ2v) is 4.58. The van der Waals surface area contributed by atoms with Gasteiger partial charge in [0, 0.05) is 18.8 Å². The summed E-state index contributed by atoms with van der Waals surface area (Å²) in [5.74, 6) is 1.51. The lowest BCUT2D eigenvalue weighted by Gasteiger charge is -2.24. The molecule has 1 heterocycles. The van der Waals surface area contributed by atoms with Gasteiger partial charge in [0.1, 0.15) is 5.82 Å². The average molecular weight is 205 g/mol. The molecule has 1 aromatic heterocycles. The van der Waals surface area contributed by atoms with E-state index in [0.717, 1.165) is 12.5 Å². The van der Waals surface area contributed by atoms with E-state index in [0.29, 0.717) is 11.9 Å². The summed E-state index contributed by atoms with van der Waals surface area (Å²) < 4.78 is 0. The maximum atomic E-state index is 5.55. The molecule has 0 spiro atoms. The van der Waals surface area contributed by atoms with Crippen LogP contribution in [0.4, 0.5) is 5.82 Å². The fourth-order valence-electron chi connectivity index (χ4n) is 1.90. The van der Waals surface area contributed by atoms with Crippen molar-refractivity contribution in [2.24, 2.45) is 5.92 Å². The van der Waals surface area contributed by atoms with Crippen molar-refractivity contribution in [2.75, 3.05) is 12.8 Å². The van der Waals surface area contributed by atoms with Gasteiger partial charge in [-0.25, -0.2) is 4.98 Å². The number of aromatic nitrogens is 1. The van der Waals surface area contributed by atoms with Gasteiger partial charge >= 0.3 is 0 Å². The number of hydrogen-bond acceptors (Lipinski definition) is 3. The summed E-state index contributed by atoms with van der Waals surface area (Å²) in [7, 11) is 2.18. The van der Waals surface area contributed by atoms with Crippen LogP contribution in [0.15, 0.2) is 18.3 Å². The van der Waals surface area contributed by atoms with E-state index in [1.165, 1.54) is 18.4 Å². The van der Waals surface area contributed by atoms with Crippen LogP contribution in [0.3, 0.4) is 0 Å². The molecule has 2 N–H and O–H groups in total. The first kappa shape index (κ1) is 10.4. The van der Waals surface area contributed by atoms with E-state index in [1.807, 2.05) is 12.3 Å². The summed E-state index contributed by atoms with van der Waals surface area (Å²) in [5.41, 5.74) is 6.79. The van der Waals surface area contributed by atoms with Crippen molar-refractivity contribution in [3.8, 4) is 0 Å². The number of nitrogen functional groups attached to an aromatic ring is 1. The molecule has 1 saturated carbocycles. The highest BCUT2D eigenvalue weighted by Crippen LogP contribution is 2.34. The molecular formula is C12H19N3. The Morgan fingerprint density at radius 3 is 2.80 bits per heavy atom. The lowest BCUT2D eigenvalue weighted by atomic mass is 10.1. The first-order valence-electron chi connectivity index (χ1n) is 5.57. The molecule has 0 aliphatic heterocycles. The van der Waals surface area contributed by atoms with Gasteiger partial charge in [-0.1, -0.05) is 6.07 Å². The zero-order chi connectivity index (χ0) is 10.8. The Bertz CT molecular complexity index is 316. The van der Waals surface area contributed by atoms with Crippen molar-refractivity contribution in [2.45, 2.75) is 32.4 Å². The Morgan fingerprint density at radius 2 is 2.27 bits per heavy atom. The zero-order valence-corrected chi connectivity index (χ0v) is 9.48. The van der Waals surface area contributed by atoms with Crippen LogP contribution in [0.25, 0.3) is 0 Å². The van der Waals surface area contributed by atoms with Crippen LogP contribution in [0, 0.1) is 5.92 Å². The Hall–Kier alpha value is -1.09. The largest absolute Gasteiger partial charge is 0.384 e. The lowest BCUT2D eigenvalue weighted by molar-refractivity contribution is 0.226. The Labute approximate surface area is 91.3 Å². The molecule has 1 atom stereocenters. The summed E-state index contributed by atoms with van der Waals surface area (Å²) in [6.45, 7) is 3.27. The third kappa shape index (κ3) is 2.69. The molecule has 0 amide bonds. The smallest absolute Gasteiger partial charge is 0.123 e. The Morgan fingerprint density at radius 1 is 1.53 bits per heavy atom. The standard InChI is InChI=1S/C12H19N3/c1-9(11-4-5-11)15(2)8-10-3-6-12(13)14-7-10/h3,6-7,9,11H,4-5,8H2,1-2H3,(H2,13,14). The van der Waals surface area contributed by atoms with E-state index in [1.54, 1.807) is 0 Å². The minimum absolute atomic E-state index is 0.594. The van der Waals surface area contributed by atoms with Crippen molar-refractivity contribution >= 4 is 5.82 Å². The molecule has 1 fully saturated rings. The van der Waals surface area contributed by atoms with Crippen LogP contribution in [0.2, 0.25) is 0 Å². The minimum atomic E-state index is 0.594. The van der Waals surface area contributed by atoms with Crippen LogP contribution < -0.4 is 5.73 Å². The Balaban J connectivity index is 1.92. The van der Waals surface area contributed by atoms with E-state index in [-0.39, 0.29) is 0 Å². The molecule has 2 rings (SSSR count).